The Balaban J connectivity index is 2.13. The van der Waals surface area contributed by atoms with Gasteiger partial charge in [0.25, 0.3) is 0 Å². The van der Waals surface area contributed by atoms with Gasteiger partial charge in [0.1, 0.15) is 0 Å². The minimum atomic E-state index is 0.0916. The van der Waals surface area contributed by atoms with Crippen LogP contribution in [0.2, 0.25) is 0 Å². The molecule has 0 spiro atoms. The van der Waals surface area contributed by atoms with Crippen LogP contribution in [0, 0.1) is 0 Å². The first kappa shape index (κ1) is 10.4. The Morgan fingerprint density at radius 2 is 2.24 bits per heavy atom. The number of nitrogens with one attached hydrogen (secondary N) is 1. The second-order valence-electron chi connectivity index (χ2n) is 4.59. The van der Waals surface area contributed by atoms with Crippen LogP contribution in [0.5, 0.6) is 0 Å². The topological polar surface area (TPSA) is 80.7 Å². The summed E-state index contributed by atoms with van der Waals surface area (Å²) in [6.07, 6.45) is 3.20. The van der Waals surface area contributed by atoms with Gasteiger partial charge in [-0.15, -0.1) is 0 Å². The number of nitrogens with zero attached hydrogens (tertiary/aromatic N) is 1. The van der Waals surface area contributed by atoms with Crippen LogP contribution in [0.25, 0.3) is 11.3 Å². The van der Waals surface area contributed by atoms with E-state index in [4.69, 9.17) is 11.5 Å². The number of rotatable bonds is 1. The van der Waals surface area contributed by atoms with Crippen molar-refractivity contribution in [1.29, 1.82) is 0 Å². The Morgan fingerprint density at radius 1 is 1.35 bits per heavy atom. The van der Waals surface area contributed by atoms with E-state index in [1.807, 2.05) is 24.3 Å². The lowest BCUT2D eigenvalue weighted by Gasteiger charge is -2.19. The first-order valence-electron chi connectivity index (χ1n) is 5.94. The average Bonchev–Trinajstić information content (AvgIpc) is 2.74. The second kappa shape index (κ2) is 3.89. The number of H-pyrrole nitrogens is 1. The molecule has 1 aromatic carbocycles. The van der Waals surface area contributed by atoms with Gasteiger partial charge < -0.3 is 11.5 Å². The lowest BCUT2D eigenvalue weighted by Crippen LogP contribution is -2.17. The fourth-order valence-corrected chi connectivity index (χ4v) is 2.53. The van der Waals surface area contributed by atoms with Crippen LogP contribution in [-0.2, 0) is 6.42 Å². The summed E-state index contributed by atoms with van der Waals surface area (Å²) in [5, 5.41) is 7.50. The van der Waals surface area contributed by atoms with Crippen molar-refractivity contribution in [3.63, 3.8) is 0 Å². The van der Waals surface area contributed by atoms with Crippen molar-refractivity contribution in [3.8, 4) is 11.3 Å². The Kier molecular flexibility index (Phi) is 2.37. The summed E-state index contributed by atoms with van der Waals surface area (Å²) in [5.74, 6) is 0. The highest BCUT2D eigenvalue weighted by Gasteiger charge is 2.23. The van der Waals surface area contributed by atoms with Crippen molar-refractivity contribution < 1.29 is 0 Å². The molecule has 0 amide bonds. The average molecular weight is 228 g/mol. The van der Waals surface area contributed by atoms with Gasteiger partial charge in [0.15, 0.2) is 0 Å². The zero-order valence-corrected chi connectivity index (χ0v) is 9.61. The third kappa shape index (κ3) is 1.70. The van der Waals surface area contributed by atoms with E-state index in [0.717, 1.165) is 36.2 Å². The van der Waals surface area contributed by atoms with Crippen molar-refractivity contribution in [1.82, 2.24) is 10.2 Å². The number of fused-ring (bicyclic) bond motifs is 1. The molecule has 0 bridgehead atoms. The Bertz CT molecular complexity index is 544. The number of anilines is 1. The molecule has 17 heavy (non-hydrogen) atoms. The predicted molar refractivity (Wildman–Crippen MR) is 68.3 cm³/mol. The molecule has 0 saturated heterocycles. The highest BCUT2D eigenvalue weighted by atomic mass is 15.1. The van der Waals surface area contributed by atoms with E-state index in [1.165, 1.54) is 11.3 Å². The number of nitrogens with two attached hydrogens (primary N) is 2. The van der Waals surface area contributed by atoms with Gasteiger partial charge in [-0.1, -0.05) is 12.1 Å². The first-order chi connectivity index (χ1) is 8.25. The summed E-state index contributed by atoms with van der Waals surface area (Å²) in [4.78, 5) is 0. The van der Waals surface area contributed by atoms with Crippen LogP contribution in [-0.4, -0.2) is 10.2 Å². The molecule has 2 aromatic rings. The van der Waals surface area contributed by atoms with Crippen molar-refractivity contribution in [2.24, 2.45) is 5.73 Å². The van der Waals surface area contributed by atoms with Gasteiger partial charge in [-0.2, -0.15) is 5.10 Å². The zero-order chi connectivity index (χ0) is 11.8. The molecule has 5 N–H and O–H groups in total. The number of nitrogen functional groups attached to an aromatic ring is 1. The number of benzene rings is 1. The summed E-state index contributed by atoms with van der Waals surface area (Å²) in [5.41, 5.74) is 17.1. The SMILES string of the molecule is Nc1cccc(-c2n[nH]c3c2C(N)CCC3)c1. The smallest absolute Gasteiger partial charge is 0.0972 e. The molecule has 0 fully saturated rings. The molecule has 4 nitrogen and oxygen atoms in total. The lowest BCUT2D eigenvalue weighted by atomic mass is 9.90. The minimum absolute atomic E-state index is 0.0916. The van der Waals surface area contributed by atoms with E-state index in [0.29, 0.717) is 0 Å². The van der Waals surface area contributed by atoms with Crippen LogP contribution in [0.1, 0.15) is 30.1 Å². The normalized spacial score (nSPS) is 19.0. The van der Waals surface area contributed by atoms with Crippen molar-refractivity contribution in [3.05, 3.63) is 35.5 Å². The standard InChI is InChI=1S/C13H16N4/c14-9-4-1-3-8(7-9)13-12-10(15)5-2-6-11(12)16-17-13/h1,3-4,7,10H,2,5-6,14-15H2,(H,16,17). The summed E-state index contributed by atoms with van der Waals surface area (Å²) >= 11 is 0. The van der Waals surface area contributed by atoms with Gasteiger partial charge in [-0.3, -0.25) is 5.10 Å². The maximum absolute atomic E-state index is 6.18. The molecular weight excluding hydrogens is 212 g/mol. The summed E-state index contributed by atoms with van der Waals surface area (Å²) < 4.78 is 0. The monoisotopic (exact) mass is 228 g/mol. The molecule has 88 valence electrons. The third-order valence-corrected chi connectivity index (χ3v) is 3.36. The highest BCUT2D eigenvalue weighted by Crippen LogP contribution is 2.34. The first-order valence-corrected chi connectivity index (χ1v) is 5.94. The minimum Gasteiger partial charge on any atom is -0.399 e. The lowest BCUT2D eigenvalue weighted by molar-refractivity contribution is 0.567. The Labute approximate surface area is 100 Å². The van der Waals surface area contributed by atoms with Crippen LogP contribution in [0.15, 0.2) is 24.3 Å². The Morgan fingerprint density at radius 3 is 3.06 bits per heavy atom. The van der Waals surface area contributed by atoms with Gasteiger partial charge in [0.05, 0.1) is 5.69 Å². The summed E-state index contributed by atoms with van der Waals surface area (Å²) in [7, 11) is 0. The molecule has 0 saturated carbocycles. The van der Waals surface area contributed by atoms with Crippen LogP contribution < -0.4 is 11.5 Å². The fraction of sp³-hybridized carbons (Fsp3) is 0.308. The molecule has 1 aliphatic rings. The van der Waals surface area contributed by atoms with E-state index >= 15 is 0 Å². The summed E-state index contributed by atoms with van der Waals surface area (Å²) in [6.45, 7) is 0. The molecule has 1 heterocycles. The van der Waals surface area contributed by atoms with Gasteiger partial charge in [0.2, 0.25) is 0 Å². The van der Waals surface area contributed by atoms with E-state index in [2.05, 4.69) is 10.2 Å². The molecule has 0 radical (unpaired) electrons. The van der Waals surface area contributed by atoms with E-state index in [-0.39, 0.29) is 6.04 Å². The summed E-state index contributed by atoms with van der Waals surface area (Å²) in [6, 6.07) is 7.88. The van der Waals surface area contributed by atoms with Gasteiger partial charge in [0, 0.05) is 28.6 Å². The highest BCUT2D eigenvalue weighted by molar-refractivity contribution is 5.68. The van der Waals surface area contributed by atoms with E-state index < -0.39 is 0 Å². The molecule has 1 aromatic heterocycles. The molecular formula is C13H16N4. The molecule has 3 rings (SSSR count). The number of hydrogen-bond donors (Lipinski definition) is 3. The van der Waals surface area contributed by atoms with Crippen molar-refractivity contribution in [2.45, 2.75) is 25.3 Å². The van der Waals surface area contributed by atoms with Gasteiger partial charge >= 0.3 is 0 Å². The molecule has 1 unspecified atom stereocenters. The van der Waals surface area contributed by atoms with Gasteiger partial charge in [-0.05, 0) is 31.4 Å². The van der Waals surface area contributed by atoms with Crippen LogP contribution in [0.3, 0.4) is 0 Å². The molecule has 1 atom stereocenters. The van der Waals surface area contributed by atoms with Crippen LogP contribution >= 0.6 is 0 Å². The largest absolute Gasteiger partial charge is 0.399 e. The van der Waals surface area contributed by atoms with Gasteiger partial charge in [-0.25, -0.2) is 0 Å². The fourth-order valence-electron chi connectivity index (χ4n) is 2.53. The predicted octanol–water partition coefficient (Wildman–Crippen LogP) is 2.00. The maximum Gasteiger partial charge on any atom is 0.0972 e. The second-order valence-corrected chi connectivity index (χ2v) is 4.59. The molecule has 1 aliphatic carbocycles. The number of aryl methyl sites for hydroxylation is 1. The van der Waals surface area contributed by atoms with Crippen LogP contribution in [0.4, 0.5) is 5.69 Å². The number of aromatic amines is 1. The quantitative estimate of drug-likeness (QED) is 0.653. The Hall–Kier alpha value is -1.81. The number of hydrogen-bond acceptors (Lipinski definition) is 3. The number of aromatic nitrogens is 2. The molecule has 4 heteroatoms. The van der Waals surface area contributed by atoms with E-state index in [1.54, 1.807) is 0 Å². The van der Waals surface area contributed by atoms with E-state index in [9.17, 15) is 0 Å². The zero-order valence-electron chi connectivity index (χ0n) is 9.61. The van der Waals surface area contributed by atoms with Crippen molar-refractivity contribution >= 4 is 5.69 Å². The maximum atomic E-state index is 6.18. The molecule has 0 aliphatic heterocycles. The third-order valence-electron chi connectivity index (χ3n) is 3.36. The van der Waals surface area contributed by atoms with Crippen molar-refractivity contribution in [2.75, 3.05) is 5.73 Å².